The lowest BCUT2D eigenvalue weighted by atomic mass is 10.1. The Balaban J connectivity index is 2.21. The molecule has 122 valence electrons. The molecule has 23 heavy (non-hydrogen) atoms. The Labute approximate surface area is 129 Å². The summed E-state index contributed by atoms with van der Waals surface area (Å²) in [4.78, 5) is 10.9. The lowest BCUT2D eigenvalue weighted by Crippen LogP contribution is -2.22. The third kappa shape index (κ3) is 4.16. The topological polar surface area (TPSA) is 51.2 Å². The van der Waals surface area contributed by atoms with Crippen molar-refractivity contribution in [3.63, 3.8) is 0 Å². The van der Waals surface area contributed by atoms with E-state index in [2.05, 4.69) is 0 Å². The average molecular weight is 346 g/mol. The van der Waals surface area contributed by atoms with Gasteiger partial charge in [0.15, 0.2) is 9.84 Å². The van der Waals surface area contributed by atoms with Gasteiger partial charge in [0.2, 0.25) is 0 Å². The van der Waals surface area contributed by atoms with Gasteiger partial charge < -0.3 is 0 Å². The van der Waals surface area contributed by atoms with Gasteiger partial charge in [-0.1, -0.05) is 24.3 Å². The third-order valence-corrected chi connectivity index (χ3v) is 4.71. The summed E-state index contributed by atoms with van der Waals surface area (Å²) in [5, 5.41) is 0. The van der Waals surface area contributed by atoms with Crippen molar-refractivity contribution in [2.24, 2.45) is 0 Å². The number of carbonyl (C=O) groups excluding carboxylic acids is 1. The van der Waals surface area contributed by atoms with E-state index in [-0.39, 0.29) is 10.5 Å². The molecule has 2 aromatic rings. The number of rotatable bonds is 4. The van der Waals surface area contributed by atoms with Crippen molar-refractivity contribution in [1.82, 2.24) is 0 Å². The number of halogens is 4. The van der Waals surface area contributed by atoms with Crippen molar-refractivity contribution in [2.75, 3.05) is 0 Å². The average Bonchev–Trinajstić information content (AvgIpc) is 2.46. The van der Waals surface area contributed by atoms with Gasteiger partial charge in [0.1, 0.15) is 5.82 Å². The van der Waals surface area contributed by atoms with Crippen molar-refractivity contribution in [3.05, 3.63) is 65.5 Å². The smallest absolute Gasteiger partial charge is 0.284 e. The second-order valence-electron chi connectivity index (χ2n) is 4.74. The monoisotopic (exact) mass is 346 g/mol. The normalized spacial score (nSPS) is 12.2. The first-order valence-electron chi connectivity index (χ1n) is 6.28. The first-order valence-corrected chi connectivity index (χ1v) is 7.93. The fourth-order valence-corrected chi connectivity index (χ4v) is 3.21. The van der Waals surface area contributed by atoms with Crippen LogP contribution in [0.1, 0.15) is 15.9 Å². The maximum absolute atomic E-state index is 12.8. The van der Waals surface area contributed by atoms with Gasteiger partial charge in [-0.2, -0.15) is 13.2 Å². The van der Waals surface area contributed by atoms with Crippen molar-refractivity contribution >= 4 is 15.6 Å². The number of hydrogen-bond donors (Lipinski definition) is 0. The summed E-state index contributed by atoms with van der Waals surface area (Å²) < 4.78 is 73.9. The van der Waals surface area contributed by atoms with E-state index in [9.17, 15) is 30.8 Å². The van der Waals surface area contributed by atoms with Crippen LogP contribution in [0, 0.1) is 5.82 Å². The van der Waals surface area contributed by atoms with E-state index in [0.29, 0.717) is 0 Å². The molecule has 0 saturated carbocycles. The molecule has 0 bridgehead atoms. The Morgan fingerprint density at radius 2 is 1.43 bits per heavy atom. The highest BCUT2D eigenvalue weighted by Crippen LogP contribution is 2.23. The van der Waals surface area contributed by atoms with Gasteiger partial charge in [-0.15, -0.1) is 0 Å². The lowest BCUT2D eigenvalue weighted by molar-refractivity contribution is -0.0885. The summed E-state index contributed by atoms with van der Waals surface area (Å²) >= 11 is 0. The molecule has 0 fully saturated rings. The molecule has 0 aliphatic rings. The van der Waals surface area contributed by atoms with Crippen LogP contribution in [0.15, 0.2) is 53.4 Å². The van der Waals surface area contributed by atoms with Gasteiger partial charge in [-0.05, 0) is 29.8 Å². The Morgan fingerprint density at radius 3 is 1.91 bits per heavy atom. The zero-order valence-corrected chi connectivity index (χ0v) is 12.3. The molecular weight excluding hydrogens is 336 g/mol. The van der Waals surface area contributed by atoms with E-state index in [4.69, 9.17) is 0 Å². The molecular formula is C15H10F4O3S. The van der Waals surface area contributed by atoms with Crippen molar-refractivity contribution < 1.29 is 30.8 Å². The molecule has 8 heteroatoms. The highest BCUT2D eigenvalue weighted by atomic mass is 32.2. The second kappa shape index (κ2) is 6.11. The van der Waals surface area contributed by atoms with Crippen LogP contribution >= 0.6 is 0 Å². The molecule has 0 atom stereocenters. The van der Waals surface area contributed by atoms with Gasteiger partial charge in [-0.25, -0.2) is 12.8 Å². The Morgan fingerprint density at radius 1 is 0.913 bits per heavy atom. The minimum Gasteiger partial charge on any atom is -0.284 e. The molecule has 2 aromatic carbocycles. The van der Waals surface area contributed by atoms with Crippen LogP contribution in [-0.2, 0) is 15.6 Å². The number of sulfone groups is 1. The molecule has 0 radical (unpaired) electrons. The molecule has 0 aromatic heterocycles. The van der Waals surface area contributed by atoms with Crippen LogP contribution in [0.5, 0.6) is 0 Å². The van der Waals surface area contributed by atoms with Crippen molar-refractivity contribution in [3.8, 4) is 0 Å². The molecule has 0 aliphatic carbocycles. The Hall–Kier alpha value is -2.22. The number of Topliss-reactive ketones (excluding diaryl/α,β-unsaturated/α-hetero) is 1. The SMILES string of the molecule is O=C(c1ccc(CS(=O)(=O)c2ccc(F)cc2)cc1)C(F)(F)F. The maximum Gasteiger partial charge on any atom is 0.454 e. The molecule has 3 nitrogen and oxygen atoms in total. The fourth-order valence-electron chi connectivity index (χ4n) is 1.86. The van der Waals surface area contributed by atoms with E-state index < -0.39 is 38.9 Å². The Kier molecular flexibility index (Phi) is 4.56. The molecule has 0 amide bonds. The van der Waals surface area contributed by atoms with Gasteiger partial charge in [0, 0.05) is 5.56 Å². The van der Waals surface area contributed by atoms with Gasteiger partial charge in [-0.3, -0.25) is 4.79 Å². The number of hydrogen-bond acceptors (Lipinski definition) is 3. The quantitative estimate of drug-likeness (QED) is 0.483. The number of alkyl halides is 3. The van der Waals surface area contributed by atoms with Crippen molar-refractivity contribution in [1.29, 1.82) is 0 Å². The van der Waals surface area contributed by atoms with Crippen molar-refractivity contribution in [2.45, 2.75) is 16.8 Å². The molecule has 0 heterocycles. The minimum atomic E-state index is -4.98. The standard InChI is InChI=1S/C15H10F4O3S/c16-12-5-7-13(8-6-12)23(21,22)9-10-1-3-11(4-2-10)14(20)15(17,18)19/h1-8H,9H2. The summed E-state index contributed by atoms with van der Waals surface area (Å²) in [6.45, 7) is 0. The molecule has 0 saturated heterocycles. The molecule has 0 N–H and O–H groups in total. The lowest BCUT2D eigenvalue weighted by Gasteiger charge is -2.07. The third-order valence-electron chi connectivity index (χ3n) is 3.00. The first-order chi connectivity index (χ1) is 10.6. The predicted molar refractivity (Wildman–Crippen MR) is 74.1 cm³/mol. The second-order valence-corrected chi connectivity index (χ2v) is 6.73. The van der Waals surface area contributed by atoms with E-state index in [1.165, 1.54) is 0 Å². The minimum absolute atomic E-state index is 0.102. The zero-order chi connectivity index (χ0) is 17.3. The van der Waals surface area contributed by atoms with Crippen LogP contribution in [0.3, 0.4) is 0 Å². The first kappa shape index (κ1) is 17.1. The fraction of sp³-hybridized carbons (Fsp3) is 0.133. The molecule has 0 unspecified atom stereocenters. The van der Waals surface area contributed by atoms with Gasteiger partial charge in [0.05, 0.1) is 10.6 Å². The summed E-state index contributed by atoms with van der Waals surface area (Å²) in [7, 11) is -3.77. The summed E-state index contributed by atoms with van der Waals surface area (Å²) in [5.41, 5.74) is -0.353. The van der Waals surface area contributed by atoms with E-state index in [1.54, 1.807) is 0 Å². The number of ketones is 1. The van der Waals surface area contributed by atoms with E-state index in [1.807, 2.05) is 0 Å². The molecule has 0 aliphatic heterocycles. The summed E-state index contributed by atoms with van der Waals surface area (Å²) in [6, 6.07) is 8.32. The van der Waals surface area contributed by atoms with E-state index >= 15 is 0 Å². The van der Waals surface area contributed by atoms with E-state index in [0.717, 1.165) is 48.5 Å². The number of carbonyl (C=O) groups is 1. The van der Waals surface area contributed by atoms with Crippen LogP contribution in [0.4, 0.5) is 17.6 Å². The number of benzene rings is 2. The van der Waals surface area contributed by atoms with Crippen LogP contribution in [-0.4, -0.2) is 20.4 Å². The van der Waals surface area contributed by atoms with Gasteiger partial charge in [0.25, 0.3) is 5.78 Å². The maximum atomic E-state index is 12.8. The van der Waals surface area contributed by atoms with Crippen LogP contribution in [0.25, 0.3) is 0 Å². The highest BCUT2D eigenvalue weighted by molar-refractivity contribution is 7.90. The highest BCUT2D eigenvalue weighted by Gasteiger charge is 2.39. The van der Waals surface area contributed by atoms with Gasteiger partial charge >= 0.3 is 6.18 Å². The zero-order valence-electron chi connectivity index (χ0n) is 11.5. The molecule has 2 rings (SSSR count). The Bertz CT molecular complexity index is 807. The summed E-state index contributed by atoms with van der Waals surface area (Å²) in [6.07, 6.45) is -4.98. The predicted octanol–water partition coefficient (Wildman–Crippen LogP) is 3.54. The summed E-state index contributed by atoms with van der Waals surface area (Å²) in [5.74, 6) is -3.05. The van der Waals surface area contributed by atoms with Crippen LogP contribution in [0.2, 0.25) is 0 Å². The largest absolute Gasteiger partial charge is 0.454 e. The van der Waals surface area contributed by atoms with Crippen LogP contribution < -0.4 is 0 Å². The molecule has 0 spiro atoms.